The number of alkyl carbamates (subject to hydrolysis) is 1. The third-order valence-electron chi connectivity index (χ3n) is 8.87. The number of ether oxygens (including phenoxy) is 1. The van der Waals surface area contributed by atoms with Crippen LogP contribution in [0.3, 0.4) is 0 Å². The first-order valence-electron chi connectivity index (χ1n) is 17.8. The number of hydrogen-bond donors (Lipinski definition) is 5. The number of aryl methyl sites for hydroxylation is 2. The molecular formula is C39H38Cl2N12O5. The predicted octanol–water partition coefficient (Wildman–Crippen LogP) is 7.06. The number of aromatic nitrogens is 10. The Balaban J connectivity index is 0.000000192. The number of aromatic carboxylic acids is 1. The van der Waals surface area contributed by atoms with Gasteiger partial charge in [0.25, 0.3) is 5.91 Å². The van der Waals surface area contributed by atoms with Crippen molar-refractivity contribution in [1.29, 1.82) is 0 Å². The first kappa shape index (κ1) is 39.6. The summed E-state index contributed by atoms with van der Waals surface area (Å²) in [6, 6.07) is 11.0. The monoisotopic (exact) mass is 824 g/mol. The second-order valence-corrected chi connectivity index (χ2v) is 15.9. The second kappa shape index (κ2) is 15.1. The van der Waals surface area contributed by atoms with Gasteiger partial charge in [0.1, 0.15) is 45.0 Å². The molecule has 2 amide bonds. The largest absolute Gasteiger partial charge is 0.478 e. The third-order valence-corrected chi connectivity index (χ3v) is 9.34. The SMILES string of the molecule is Cn1nc(-c2cnc3[nH]cc(C(=O)NC(C)(C)CNC(=O)OC(C)(C)C)c3n2)c2ccc(Cl)cc21.Cn1nc(-c2cnc3[nH]cc(C(=O)O)c3n2)c2ccc(Cl)cc21. The molecule has 5 N–H and O–H groups in total. The van der Waals surface area contributed by atoms with Gasteiger partial charge in [-0.25, -0.2) is 29.5 Å². The van der Waals surface area contributed by atoms with Gasteiger partial charge in [0, 0.05) is 53.9 Å². The number of nitrogens with one attached hydrogen (secondary N) is 4. The van der Waals surface area contributed by atoms with Crippen LogP contribution < -0.4 is 10.6 Å². The van der Waals surface area contributed by atoms with E-state index in [1.54, 1.807) is 74.7 Å². The summed E-state index contributed by atoms with van der Waals surface area (Å²) in [5.74, 6) is -1.41. The van der Waals surface area contributed by atoms with Gasteiger partial charge in [-0.1, -0.05) is 23.2 Å². The Hall–Kier alpha value is -6.59. The number of H-pyrrole nitrogens is 2. The number of carboxylic acid groups (broad SMARTS) is 1. The Morgan fingerprint density at radius 2 is 1.26 bits per heavy atom. The Bertz CT molecular complexity index is 2900. The lowest BCUT2D eigenvalue weighted by atomic mass is 10.1. The minimum Gasteiger partial charge on any atom is -0.478 e. The number of carbonyl (C=O) groups is 3. The zero-order valence-electron chi connectivity index (χ0n) is 32.4. The second-order valence-electron chi connectivity index (χ2n) is 15.1. The summed E-state index contributed by atoms with van der Waals surface area (Å²) < 4.78 is 8.70. The van der Waals surface area contributed by atoms with E-state index in [-0.39, 0.29) is 18.0 Å². The van der Waals surface area contributed by atoms with E-state index in [4.69, 9.17) is 32.9 Å². The lowest BCUT2D eigenvalue weighted by molar-refractivity contribution is 0.0509. The number of amides is 2. The lowest BCUT2D eigenvalue weighted by Gasteiger charge is -2.27. The van der Waals surface area contributed by atoms with Crippen molar-refractivity contribution in [2.24, 2.45) is 14.1 Å². The zero-order valence-corrected chi connectivity index (χ0v) is 33.9. The Labute approximate surface area is 340 Å². The van der Waals surface area contributed by atoms with Crippen LogP contribution in [-0.4, -0.2) is 90.2 Å². The maximum Gasteiger partial charge on any atom is 0.407 e. The maximum atomic E-state index is 13.1. The molecule has 6 heterocycles. The van der Waals surface area contributed by atoms with E-state index in [2.05, 4.69) is 45.8 Å². The molecular weight excluding hydrogens is 787 g/mol. The van der Waals surface area contributed by atoms with Crippen molar-refractivity contribution >= 4 is 85.3 Å². The average molecular weight is 826 g/mol. The molecule has 0 saturated heterocycles. The molecule has 0 unspecified atom stereocenters. The number of carbonyl (C=O) groups excluding carboxylic acids is 2. The number of rotatable bonds is 7. The number of aromatic amines is 2. The van der Waals surface area contributed by atoms with Crippen molar-refractivity contribution in [3.05, 3.63) is 82.4 Å². The molecule has 0 bridgehead atoms. The van der Waals surface area contributed by atoms with Crippen molar-refractivity contribution in [3.63, 3.8) is 0 Å². The van der Waals surface area contributed by atoms with Crippen molar-refractivity contribution in [2.45, 2.75) is 45.8 Å². The fraction of sp³-hybridized carbons (Fsp3) is 0.256. The van der Waals surface area contributed by atoms with Gasteiger partial charge in [-0.3, -0.25) is 14.2 Å². The standard InChI is InChI=1S/C24H28ClN7O3.C15H10ClN5O2/c1-23(2,3)35-22(34)28-12-24(4,5)30-21(33)15-10-26-20-19(15)29-16(11-27-20)18-14-8-7-13(25)9-17(14)32(6)31-18;1-21-11-4-7(16)2-3-8(11)12(20-21)10-6-18-14-13(19-10)9(5-17-14)15(22)23/h7-11H,12H2,1-6H3,(H,26,27)(H,28,34)(H,30,33);2-6H,1H3,(H,17,18)(H,22,23). The average Bonchev–Trinajstić information content (AvgIpc) is 3.93. The molecule has 0 aliphatic heterocycles. The molecule has 298 valence electrons. The van der Waals surface area contributed by atoms with Gasteiger partial charge in [0.2, 0.25) is 0 Å². The first-order valence-corrected chi connectivity index (χ1v) is 18.6. The molecule has 6 aromatic heterocycles. The molecule has 17 nitrogen and oxygen atoms in total. The normalized spacial score (nSPS) is 11.9. The van der Waals surface area contributed by atoms with Crippen LogP contribution in [0, 0.1) is 0 Å². The molecule has 2 aromatic carbocycles. The first-order chi connectivity index (χ1) is 27.4. The fourth-order valence-electron chi connectivity index (χ4n) is 6.21. The molecule has 8 aromatic rings. The number of carboxylic acids is 1. The van der Waals surface area contributed by atoms with Crippen LogP contribution in [0.15, 0.2) is 61.2 Å². The van der Waals surface area contributed by atoms with E-state index in [0.29, 0.717) is 60.7 Å². The summed E-state index contributed by atoms with van der Waals surface area (Å²) in [4.78, 5) is 60.0. The molecule has 0 radical (unpaired) electrons. The molecule has 0 spiro atoms. The maximum absolute atomic E-state index is 13.1. The predicted molar refractivity (Wildman–Crippen MR) is 220 cm³/mol. The van der Waals surface area contributed by atoms with Crippen LogP contribution in [-0.2, 0) is 18.8 Å². The highest BCUT2D eigenvalue weighted by molar-refractivity contribution is 6.31. The Kier molecular flexibility index (Phi) is 10.3. The molecule has 0 fully saturated rings. The third kappa shape index (κ3) is 8.12. The van der Waals surface area contributed by atoms with E-state index in [1.807, 2.05) is 38.4 Å². The highest BCUT2D eigenvalue weighted by atomic mass is 35.5. The molecule has 0 saturated carbocycles. The van der Waals surface area contributed by atoms with E-state index >= 15 is 0 Å². The van der Waals surface area contributed by atoms with Crippen LogP contribution >= 0.6 is 23.2 Å². The number of hydrogen-bond acceptors (Lipinski definition) is 10. The van der Waals surface area contributed by atoms with Crippen LogP contribution in [0.1, 0.15) is 55.3 Å². The van der Waals surface area contributed by atoms with Crippen molar-refractivity contribution in [1.82, 2.24) is 60.1 Å². The van der Waals surface area contributed by atoms with Gasteiger partial charge in [0.05, 0.1) is 34.5 Å². The summed E-state index contributed by atoms with van der Waals surface area (Å²) >= 11 is 12.2. The lowest BCUT2D eigenvalue weighted by Crippen LogP contribution is -2.52. The van der Waals surface area contributed by atoms with Gasteiger partial charge in [-0.05, 0) is 71.0 Å². The van der Waals surface area contributed by atoms with Gasteiger partial charge in [-0.15, -0.1) is 0 Å². The highest BCUT2D eigenvalue weighted by Crippen LogP contribution is 2.31. The number of halogens is 2. The van der Waals surface area contributed by atoms with E-state index in [0.717, 1.165) is 21.8 Å². The summed E-state index contributed by atoms with van der Waals surface area (Å²) in [5, 5.41) is 26.9. The fourth-order valence-corrected chi connectivity index (χ4v) is 6.55. The molecule has 0 atom stereocenters. The van der Waals surface area contributed by atoms with Gasteiger partial charge in [-0.2, -0.15) is 10.2 Å². The minimum atomic E-state index is -1.06. The summed E-state index contributed by atoms with van der Waals surface area (Å²) in [6.45, 7) is 9.15. The molecule has 8 rings (SSSR count). The number of nitrogens with zero attached hydrogens (tertiary/aromatic N) is 8. The Morgan fingerprint density at radius 1 is 0.776 bits per heavy atom. The summed E-state index contributed by atoms with van der Waals surface area (Å²) in [6.07, 6.45) is 5.59. The quantitative estimate of drug-likeness (QED) is 0.109. The molecule has 0 aliphatic carbocycles. The van der Waals surface area contributed by atoms with Gasteiger partial charge < -0.3 is 30.4 Å². The van der Waals surface area contributed by atoms with E-state index < -0.39 is 23.2 Å². The van der Waals surface area contributed by atoms with Crippen molar-refractivity contribution in [3.8, 4) is 22.8 Å². The van der Waals surface area contributed by atoms with Gasteiger partial charge >= 0.3 is 12.1 Å². The van der Waals surface area contributed by atoms with Crippen molar-refractivity contribution in [2.75, 3.05) is 6.54 Å². The van der Waals surface area contributed by atoms with Gasteiger partial charge in [0.15, 0.2) is 11.3 Å². The summed E-state index contributed by atoms with van der Waals surface area (Å²) in [7, 11) is 3.64. The smallest absolute Gasteiger partial charge is 0.407 e. The number of fused-ring (bicyclic) bond motifs is 4. The van der Waals surface area contributed by atoms with Crippen molar-refractivity contribution < 1.29 is 24.2 Å². The van der Waals surface area contributed by atoms with Crippen LogP contribution in [0.5, 0.6) is 0 Å². The minimum absolute atomic E-state index is 0.0811. The zero-order chi connectivity index (χ0) is 41.7. The Morgan fingerprint density at radius 3 is 1.74 bits per heavy atom. The number of benzene rings is 2. The molecule has 58 heavy (non-hydrogen) atoms. The topological polar surface area (TPSA) is 224 Å². The van der Waals surface area contributed by atoms with Crippen LogP contribution in [0.25, 0.3) is 66.9 Å². The summed E-state index contributed by atoms with van der Waals surface area (Å²) in [5.41, 5.74) is 4.73. The van der Waals surface area contributed by atoms with E-state index in [9.17, 15) is 19.5 Å². The molecule has 19 heteroatoms. The molecule has 0 aliphatic rings. The van der Waals surface area contributed by atoms with E-state index in [1.165, 1.54) is 6.20 Å². The van der Waals surface area contributed by atoms with Crippen LogP contribution in [0.4, 0.5) is 4.79 Å². The van der Waals surface area contributed by atoms with Crippen LogP contribution in [0.2, 0.25) is 10.0 Å². The highest BCUT2D eigenvalue weighted by Gasteiger charge is 2.26.